The van der Waals surface area contributed by atoms with Crippen molar-refractivity contribution in [1.29, 1.82) is 0 Å². The van der Waals surface area contributed by atoms with Gasteiger partial charge in [-0.3, -0.25) is 9.69 Å². The van der Waals surface area contributed by atoms with Crippen molar-refractivity contribution >= 4 is 11.7 Å². The van der Waals surface area contributed by atoms with E-state index in [4.69, 9.17) is 9.72 Å². The topological polar surface area (TPSA) is 48.9 Å². The fourth-order valence-corrected chi connectivity index (χ4v) is 5.39. The van der Waals surface area contributed by atoms with E-state index in [1.54, 1.807) is 0 Å². The number of carbonyl (C=O) groups excluding carboxylic acids is 1. The number of fused-ring (bicyclic) bond motifs is 3. The predicted octanol–water partition coefficient (Wildman–Crippen LogP) is 3.25. The van der Waals surface area contributed by atoms with Crippen LogP contribution in [0.1, 0.15) is 37.4 Å². The van der Waals surface area contributed by atoms with Gasteiger partial charge in [-0.1, -0.05) is 13.0 Å². The molecule has 2 saturated heterocycles. The molecular formula is C25H31FN4O2. The number of likely N-dealkylation sites (tertiary alicyclic amines) is 1. The standard InChI is InChI=1S/C25H31FN4O2/c1-2-12-28-15-20-6-7-21(16-28)30(20)24-10-3-18-14-29(13-11-23(18)27-24)25(31)17-32-22-8-4-19(26)5-9-22/h3-5,8-10,20-21H,2,6-7,11-17H2,1H3. The molecule has 0 N–H and O–H groups in total. The molecule has 170 valence electrons. The normalized spacial score (nSPS) is 22.7. The highest BCUT2D eigenvalue weighted by Gasteiger charge is 2.40. The molecule has 2 aromatic rings. The minimum absolute atomic E-state index is 0.0438. The van der Waals surface area contributed by atoms with Crippen molar-refractivity contribution in [3.05, 3.63) is 53.5 Å². The van der Waals surface area contributed by atoms with Gasteiger partial charge in [0, 0.05) is 50.4 Å². The van der Waals surface area contributed by atoms with Gasteiger partial charge in [0.15, 0.2) is 6.61 Å². The summed E-state index contributed by atoms with van der Waals surface area (Å²) < 4.78 is 18.6. The molecule has 4 heterocycles. The van der Waals surface area contributed by atoms with Crippen LogP contribution in [0.15, 0.2) is 36.4 Å². The number of benzene rings is 1. The molecule has 0 radical (unpaired) electrons. The highest BCUT2D eigenvalue weighted by atomic mass is 19.1. The van der Waals surface area contributed by atoms with Crippen LogP contribution in [-0.4, -0.2) is 65.6 Å². The third-order valence-electron chi connectivity index (χ3n) is 6.92. The Kier molecular flexibility index (Phi) is 6.00. The Morgan fingerprint density at radius 2 is 1.88 bits per heavy atom. The number of rotatable bonds is 6. The van der Waals surface area contributed by atoms with Gasteiger partial charge in [0.25, 0.3) is 5.91 Å². The molecule has 2 fully saturated rings. The van der Waals surface area contributed by atoms with Crippen LogP contribution in [-0.2, 0) is 17.8 Å². The molecule has 0 saturated carbocycles. The van der Waals surface area contributed by atoms with E-state index in [1.165, 1.54) is 50.1 Å². The molecule has 0 aliphatic carbocycles. The first-order chi connectivity index (χ1) is 15.6. The fourth-order valence-electron chi connectivity index (χ4n) is 5.39. The van der Waals surface area contributed by atoms with Gasteiger partial charge in [0.1, 0.15) is 17.4 Å². The number of piperazine rings is 1. The van der Waals surface area contributed by atoms with Crippen LogP contribution in [0.3, 0.4) is 0 Å². The van der Waals surface area contributed by atoms with E-state index in [9.17, 15) is 9.18 Å². The summed E-state index contributed by atoms with van der Waals surface area (Å²) in [6, 6.07) is 11.2. The Balaban J connectivity index is 1.21. The van der Waals surface area contributed by atoms with E-state index in [0.717, 1.165) is 36.6 Å². The first kappa shape index (κ1) is 21.2. The number of hydrogen-bond donors (Lipinski definition) is 0. The maximum Gasteiger partial charge on any atom is 0.260 e. The Hall–Kier alpha value is -2.67. The Bertz CT molecular complexity index is 953. The SMILES string of the molecule is CCCN1CC2CCC(C1)N2c1ccc2c(n1)CCN(C(=O)COc1ccc(F)cc1)C2. The number of nitrogens with zero attached hydrogens (tertiary/aromatic N) is 4. The van der Waals surface area contributed by atoms with Gasteiger partial charge >= 0.3 is 0 Å². The smallest absolute Gasteiger partial charge is 0.260 e. The number of pyridine rings is 1. The van der Waals surface area contributed by atoms with E-state index in [-0.39, 0.29) is 18.3 Å². The molecule has 3 aliphatic rings. The Morgan fingerprint density at radius 3 is 2.59 bits per heavy atom. The summed E-state index contributed by atoms with van der Waals surface area (Å²) in [5.74, 6) is 1.22. The number of amides is 1. The van der Waals surface area contributed by atoms with Crippen molar-refractivity contribution in [3.8, 4) is 5.75 Å². The highest BCUT2D eigenvalue weighted by molar-refractivity contribution is 5.78. The van der Waals surface area contributed by atoms with Crippen molar-refractivity contribution in [3.63, 3.8) is 0 Å². The molecular weight excluding hydrogens is 407 g/mol. The number of aromatic nitrogens is 1. The molecule has 6 nitrogen and oxygen atoms in total. The molecule has 1 aromatic heterocycles. The second-order valence-electron chi connectivity index (χ2n) is 9.14. The fraction of sp³-hybridized carbons (Fsp3) is 0.520. The minimum Gasteiger partial charge on any atom is -0.484 e. The van der Waals surface area contributed by atoms with Crippen LogP contribution in [0.5, 0.6) is 5.75 Å². The molecule has 0 spiro atoms. The number of ether oxygens (including phenoxy) is 1. The van der Waals surface area contributed by atoms with Crippen molar-refractivity contribution in [1.82, 2.24) is 14.8 Å². The zero-order valence-electron chi connectivity index (χ0n) is 18.7. The van der Waals surface area contributed by atoms with Crippen LogP contribution in [0.2, 0.25) is 0 Å². The predicted molar refractivity (Wildman–Crippen MR) is 121 cm³/mol. The van der Waals surface area contributed by atoms with Gasteiger partial charge in [-0.05, 0) is 61.7 Å². The lowest BCUT2D eigenvalue weighted by molar-refractivity contribution is -0.134. The van der Waals surface area contributed by atoms with Crippen LogP contribution in [0.4, 0.5) is 10.2 Å². The zero-order valence-corrected chi connectivity index (χ0v) is 18.7. The summed E-state index contributed by atoms with van der Waals surface area (Å²) in [7, 11) is 0. The molecule has 3 aliphatic heterocycles. The van der Waals surface area contributed by atoms with E-state index in [1.807, 2.05) is 4.90 Å². The third-order valence-corrected chi connectivity index (χ3v) is 6.92. The second-order valence-corrected chi connectivity index (χ2v) is 9.14. The first-order valence-electron chi connectivity index (χ1n) is 11.8. The molecule has 1 aromatic carbocycles. The summed E-state index contributed by atoms with van der Waals surface area (Å²) in [6.45, 7) is 6.88. The molecule has 1 amide bonds. The quantitative estimate of drug-likeness (QED) is 0.693. The molecule has 7 heteroatoms. The van der Waals surface area contributed by atoms with Crippen molar-refractivity contribution < 1.29 is 13.9 Å². The molecule has 5 rings (SSSR count). The average Bonchev–Trinajstić information content (AvgIpc) is 3.08. The third kappa shape index (κ3) is 4.31. The lowest BCUT2D eigenvalue weighted by atomic mass is 10.0. The van der Waals surface area contributed by atoms with E-state index < -0.39 is 0 Å². The van der Waals surface area contributed by atoms with Gasteiger partial charge in [0.2, 0.25) is 0 Å². The van der Waals surface area contributed by atoms with Crippen molar-refractivity contribution in [2.24, 2.45) is 0 Å². The zero-order chi connectivity index (χ0) is 22.1. The largest absolute Gasteiger partial charge is 0.484 e. The first-order valence-corrected chi connectivity index (χ1v) is 11.8. The maximum absolute atomic E-state index is 13.0. The van der Waals surface area contributed by atoms with Gasteiger partial charge in [-0.15, -0.1) is 0 Å². The monoisotopic (exact) mass is 438 g/mol. The van der Waals surface area contributed by atoms with Gasteiger partial charge in [0.05, 0.1) is 0 Å². The van der Waals surface area contributed by atoms with Crippen LogP contribution >= 0.6 is 0 Å². The summed E-state index contributed by atoms with van der Waals surface area (Å²) in [5.41, 5.74) is 2.23. The molecule has 32 heavy (non-hydrogen) atoms. The number of halogens is 1. The summed E-state index contributed by atoms with van der Waals surface area (Å²) in [4.78, 5) is 24.7. The lowest BCUT2D eigenvalue weighted by Gasteiger charge is -2.42. The van der Waals surface area contributed by atoms with E-state index >= 15 is 0 Å². The summed E-state index contributed by atoms with van der Waals surface area (Å²) in [6.07, 6.45) is 4.47. The van der Waals surface area contributed by atoms with Gasteiger partial charge in [-0.25, -0.2) is 9.37 Å². The number of hydrogen-bond acceptors (Lipinski definition) is 5. The van der Waals surface area contributed by atoms with Crippen LogP contribution < -0.4 is 9.64 Å². The van der Waals surface area contributed by atoms with Crippen LogP contribution in [0, 0.1) is 5.82 Å². The van der Waals surface area contributed by atoms with Crippen LogP contribution in [0.25, 0.3) is 0 Å². The van der Waals surface area contributed by atoms with Gasteiger partial charge < -0.3 is 14.5 Å². The lowest BCUT2D eigenvalue weighted by Crippen LogP contribution is -2.54. The average molecular weight is 439 g/mol. The van der Waals surface area contributed by atoms with E-state index in [0.29, 0.717) is 30.9 Å². The minimum atomic E-state index is -0.320. The Morgan fingerprint density at radius 1 is 1.12 bits per heavy atom. The van der Waals surface area contributed by atoms with Crippen molar-refractivity contribution in [2.75, 3.05) is 37.7 Å². The highest BCUT2D eigenvalue weighted by Crippen LogP contribution is 2.35. The summed E-state index contributed by atoms with van der Waals surface area (Å²) >= 11 is 0. The second kappa shape index (κ2) is 9.06. The van der Waals surface area contributed by atoms with Gasteiger partial charge in [-0.2, -0.15) is 0 Å². The van der Waals surface area contributed by atoms with E-state index in [2.05, 4.69) is 28.9 Å². The Labute approximate surface area is 189 Å². The number of carbonyl (C=O) groups is 1. The molecule has 2 unspecified atom stereocenters. The maximum atomic E-state index is 13.0. The molecule has 2 atom stereocenters. The molecule has 2 bridgehead atoms. The summed E-state index contributed by atoms with van der Waals surface area (Å²) in [5, 5.41) is 0. The van der Waals surface area contributed by atoms with Crippen molar-refractivity contribution in [2.45, 2.75) is 51.2 Å². The number of anilines is 1.